The van der Waals surface area contributed by atoms with Crippen molar-refractivity contribution in [3.63, 3.8) is 0 Å². The zero-order chi connectivity index (χ0) is 23.9. The maximum absolute atomic E-state index is 5.24. The second-order valence-electron chi connectivity index (χ2n) is 8.89. The molecule has 1 aliphatic rings. The monoisotopic (exact) mass is 462 g/mol. The van der Waals surface area contributed by atoms with Crippen LogP contribution in [0, 0.1) is 0 Å². The van der Waals surface area contributed by atoms with Gasteiger partial charge in [-0.05, 0) is 40.5 Å². The van der Waals surface area contributed by atoms with Crippen molar-refractivity contribution in [3.05, 3.63) is 133 Å². The normalized spacial score (nSPS) is 12.5. The number of fused-ring (bicyclic) bond motifs is 2. The lowest BCUT2D eigenvalue weighted by atomic mass is 9.91. The van der Waals surface area contributed by atoms with Gasteiger partial charge in [-0.25, -0.2) is 4.98 Å². The van der Waals surface area contributed by atoms with Gasteiger partial charge in [-0.1, -0.05) is 91.0 Å². The first-order valence-corrected chi connectivity index (χ1v) is 12.1. The van der Waals surface area contributed by atoms with Crippen LogP contribution in [0.2, 0.25) is 0 Å². The van der Waals surface area contributed by atoms with E-state index in [-0.39, 0.29) is 0 Å². The summed E-state index contributed by atoms with van der Waals surface area (Å²) < 4.78 is 2.23. The van der Waals surface area contributed by atoms with Crippen LogP contribution in [0.15, 0.2) is 127 Å². The zero-order valence-electron chi connectivity index (χ0n) is 19.5. The fourth-order valence-electron chi connectivity index (χ4n) is 5.13. The lowest BCUT2D eigenvalue weighted by Gasteiger charge is -2.18. The summed E-state index contributed by atoms with van der Waals surface area (Å²) in [5, 5.41) is 0. The summed E-state index contributed by atoms with van der Waals surface area (Å²) in [6, 6.07) is 38.0. The van der Waals surface area contributed by atoms with Crippen LogP contribution in [0.1, 0.15) is 11.1 Å². The highest BCUT2D eigenvalue weighted by Crippen LogP contribution is 2.41. The molecular formula is C32H22N4. The van der Waals surface area contributed by atoms with Gasteiger partial charge in [0, 0.05) is 29.1 Å². The van der Waals surface area contributed by atoms with Crippen molar-refractivity contribution in [1.29, 1.82) is 0 Å². The largest absolute Gasteiger partial charge is 0.276 e. The lowest BCUT2D eigenvalue weighted by Crippen LogP contribution is -2.14. The Labute approximate surface area is 209 Å². The number of hydrogen-bond donors (Lipinski definition) is 0. The van der Waals surface area contributed by atoms with Crippen molar-refractivity contribution in [3.8, 4) is 33.6 Å². The average Bonchev–Trinajstić information content (AvgIpc) is 3.55. The Morgan fingerprint density at radius 2 is 1.28 bits per heavy atom. The van der Waals surface area contributed by atoms with Gasteiger partial charge in [0.05, 0.1) is 17.6 Å². The van der Waals surface area contributed by atoms with Crippen molar-refractivity contribution >= 4 is 16.9 Å². The summed E-state index contributed by atoms with van der Waals surface area (Å²) in [6.07, 6.45) is 3.75. The maximum Gasteiger partial charge on any atom is 0.148 e. The zero-order valence-corrected chi connectivity index (χ0v) is 19.5. The van der Waals surface area contributed by atoms with E-state index in [2.05, 4.69) is 113 Å². The first kappa shape index (κ1) is 20.5. The van der Waals surface area contributed by atoms with Gasteiger partial charge in [0.15, 0.2) is 0 Å². The van der Waals surface area contributed by atoms with Crippen molar-refractivity contribution in [2.75, 3.05) is 0 Å². The van der Waals surface area contributed by atoms with Gasteiger partial charge in [0.1, 0.15) is 11.7 Å². The van der Waals surface area contributed by atoms with Crippen LogP contribution in [-0.2, 0) is 6.54 Å². The molecule has 4 aromatic carbocycles. The molecule has 0 atom stereocenters. The summed E-state index contributed by atoms with van der Waals surface area (Å²) in [6.45, 7) is 0.621. The SMILES string of the molecule is c1ccc(-c2cccc(-c3ccccc3)c2-c2nc3ccccc3n2C2=NCc3cnccc32)cc1. The van der Waals surface area contributed by atoms with Crippen LogP contribution in [0.25, 0.3) is 44.7 Å². The summed E-state index contributed by atoms with van der Waals surface area (Å²) in [5.41, 5.74) is 9.91. The van der Waals surface area contributed by atoms with Crippen LogP contribution >= 0.6 is 0 Å². The van der Waals surface area contributed by atoms with Gasteiger partial charge in [-0.3, -0.25) is 14.5 Å². The van der Waals surface area contributed by atoms with E-state index in [4.69, 9.17) is 9.98 Å². The minimum Gasteiger partial charge on any atom is -0.276 e. The maximum atomic E-state index is 5.24. The van der Waals surface area contributed by atoms with Crippen LogP contribution in [0.5, 0.6) is 0 Å². The molecule has 0 amide bonds. The summed E-state index contributed by atoms with van der Waals surface area (Å²) in [5.74, 6) is 1.80. The first-order chi connectivity index (χ1) is 17.9. The van der Waals surface area contributed by atoms with Gasteiger partial charge in [0.2, 0.25) is 0 Å². The minimum atomic E-state index is 0.621. The molecule has 4 heteroatoms. The van der Waals surface area contributed by atoms with Gasteiger partial charge >= 0.3 is 0 Å². The van der Waals surface area contributed by atoms with E-state index in [9.17, 15) is 0 Å². The van der Waals surface area contributed by atoms with Crippen LogP contribution < -0.4 is 0 Å². The number of pyridine rings is 1. The van der Waals surface area contributed by atoms with Gasteiger partial charge in [0.25, 0.3) is 0 Å². The highest BCUT2D eigenvalue weighted by Gasteiger charge is 2.26. The Morgan fingerprint density at radius 1 is 0.611 bits per heavy atom. The minimum absolute atomic E-state index is 0.621. The molecule has 6 aromatic rings. The van der Waals surface area contributed by atoms with E-state index in [0.29, 0.717) is 6.54 Å². The second kappa shape index (κ2) is 8.43. The number of imidazole rings is 1. The van der Waals surface area contributed by atoms with E-state index in [0.717, 1.165) is 61.6 Å². The molecule has 0 aliphatic carbocycles. The van der Waals surface area contributed by atoms with E-state index < -0.39 is 0 Å². The van der Waals surface area contributed by atoms with E-state index in [1.54, 1.807) is 0 Å². The second-order valence-corrected chi connectivity index (χ2v) is 8.89. The predicted molar refractivity (Wildman–Crippen MR) is 146 cm³/mol. The summed E-state index contributed by atoms with van der Waals surface area (Å²) in [4.78, 5) is 14.6. The molecule has 0 fully saturated rings. The topological polar surface area (TPSA) is 43.1 Å². The molecule has 0 spiro atoms. The fraction of sp³-hybridized carbons (Fsp3) is 0.0312. The number of para-hydroxylation sites is 2. The number of hydrogen-bond acceptors (Lipinski definition) is 3. The molecule has 0 saturated heterocycles. The highest BCUT2D eigenvalue weighted by molar-refractivity contribution is 6.10. The fourth-order valence-corrected chi connectivity index (χ4v) is 5.13. The third kappa shape index (κ3) is 3.27. The highest BCUT2D eigenvalue weighted by atomic mass is 15.2. The van der Waals surface area contributed by atoms with Crippen LogP contribution in [0.3, 0.4) is 0 Å². The number of aliphatic imine (C=N–C) groups is 1. The number of aromatic nitrogens is 3. The molecule has 0 saturated carbocycles. The molecule has 0 N–H and O–H groups in total. The molecule has 0 bridgehead atoms. The Morgan fingerprint density at radius 3 is 2.00 bits per heavy atom. The Hall–Kier alpha value is -4.83. The van der Waals surface area contributed by atoms with Gasteiger partial charge < -0.3 is 0 Å². The molecule has 36 heavy (non-hydrogen) atoms. The summed E-state index contributed by atoms with van der Waals surface area (Å²) in [7, 11) is 0. The van der Waals surface area contributed by atoms with Crippen molar-refractivity contribution in [2.24, 2.45) is 4.99 Å². The Bertz CT molecular complexity index is 1690. The molecule has 7 rings (SSSR count). The lowest BCUT2D eigenvalue weighted by molar-refractivity contribution is 1.07. The van der Waals surface area contributed by atoms with Crippen molar-refractivity contribution in [2.45, 2.75) is 6.54 Å². The van der Waals surface area contributed by atoms with Crippen LogP contribution in [-0.4, -0.2) is 20.4 Å². The quantitative estimate of drug-likeness (QED) is 0.278. The molecule has 3 heterocycles. The average molecular weight is 463 g/mol. The van der Waals surface area contributed by atoms with E-state index in [1.165, 1.54) is 0 Å². The number of rotatable bonds is 3. The number of nitrogens with zero attached hydrogens (tertiary/aromatic N) is 4. The van der Waals surface area contributed by atoms with Crippen molar-refractivity contribution in [1.82, 2.24) is 14.5 Å². The Kier molecular flexibility index (Phi) is 4.81. The third-order valence-corrected chi connectivity index (χ3v) is 6.77. The smallest absolute Gasteiger partial charge is 0.148 e. The molecule has 170 valence electrons. The molecule has 1 aliphatic heterocycles. The Balaban J connectivity index is 1.59. The molecule has 0 unspecified atom stereocenters. The van der Waals surface area contributed by atoms with Gasteiger partial charge in [-0.15, -0.1) is 0 Å². The standard InChI is InChI=1S/C32H22N4/c1-3-10-22(11-4-1)25-14-9-15-26(23-12-5-2-6-13-23)30(25)32-35-28-16-7-8-17-29(28)36(32)31-27-18-19-33-20-24(27)21-34-31/h1-20H,21H2. The van der Waals surface area contributed by atoms with Crippen LogP contribution in [0.4, 0.5) is 0 Å². The van der Waals surface area contributed by atoms with E-state index >= 15 is 0 Å². The van der Waals surface area contributed by atoms with Crippen molar-refractivity contribution < 1.29 is 0 Å². The first-order valence-electron chi connectivity index (χ1n) is 12.1. The molecule has 4 nitrogen and oxygen atoms in total. The van der Waals surface area contributed by atoms with Gasteiger partial charge in [-0.2, -0.15) is 0 Å². The third-order valence-electron chi connectivity index (χ3n) is 6.77. The summed E-state index contributed by atoms with van der Waals surface area (Å²) >= 11 is 0. The molecule has 2 aromatic heterocycles. The molecule has 0 radical (unpaired) electrons. The van der Waals surface area contributed by atoms with E-state index in [1.807, 2.05) is 18.5 Å². The number of benzene rings is 4. The predicted octanol–water partition coefficient (Wildman–Crippen LogP) is 7.24. The molecular weight excluding hydrogens is 440 g/mol.